The Labute approximate surface area is 41.7 Å². The summed E-state index contributed by atoms with van der Waals surface area (Å²) in [6.07, 6.45) is 0. The largest absolute Gasteiger partial charge is 0.463 e. The quantitative estimate of drug-likeness (QED) is 0.372. The van der Waals surface area contributed by atoms with E-state index in [1.807, 2.05) is 0 Å². The number of nitrogens with zero attached hydrogens (tertiary/aromatic N) is 1. The van der Waals surface area contributed by atoms with Crippen LogP contribution in [0.1, 0.15) is 0 Å². The Morgan fingerprint density at radius 3 is 2.86 bits per heavy atom. The maximum absolute atomic E-state index is 10.1. The highest BCUT2D eigenvalue weighted by Gasteiger charge is 2.06. The molecule has 0 saturated carbocycles. The molecule has 3 nitrogen and oxygen atoms in total. The molecule has 7 heavy (non-hydrogen) atoms. The number of carbonyl (C=O) groups excluding carboxylic acids is 1. The molecular formula is C4H6NO2. The lowest BCUT2D eigenvalue weighted by molar-refractivity contribution is -0.145. The number of ether oxygens (including phenoxy) is 1. The van der Waals surface area contributed by atoms with Gasteiger partial charge in [0.05, 0.1) is 0 Å². The van der Waals surface area contributed by atoms with Crippen LogP contribution in [0, 0.1) is 0 Å². The monoisotopic (exact) mass is 100 g/mol. The van der Waals surface area contributed by atoms with Crippen LogP contribution in [-0.4, -0.2) is 25.7 Å². The fourth-order valence-electron chi connectivity index (χ4n) is 0.440. The van der Waals surface area contributed by atoms with Gasteiger partial charge in [0.2, 0.25) is 0 Å². The van der Waals surface area contributed by atoms with Crippen LogP contribution < -0.4 is 5.32 Å². The zero-order chi connectivity index (χ0) is 5.11. The van der Waals surface area contributed by atoms with Gasteiger partial charge in [0.15, 0.2) is 0 Å². The lowest BCUT2D eigenvalue weighted by atomic mass is 10.5. The molecule has 0 spiro atoms. The van der Waals surface area contributed by atoms with E-state index in [0.717, 1.165) is 0 Å². The smallest absolute Gasteiger partial charge is 0.321 e. The van der Waals surface area contributed by atoms with Crippen molar-refractivity contribution in [2.45, 2.75) is 0 Å². The average molecular weight is 100 g/mol. The predicted molar refractivity (Wildman–Crippen MR) is 22.8 cm³/mol. The number of hydrogen-bond acceptors (Lipinski definition) is 2. The normalized spacial score (nSPS) is 21.4. The number of esters is 1. The highest BCUT2D eigenvalue weighted by molar-refractivity contribution is 5.72. The van der Waals surface area contributed by atoms with Crippen molar-refractivity contribution in [2.24, 2.45) is 0 Å². The lowest BCUT2D eigenvalue weighted by Crippen LogP contribution is -2.29. The molecule has 0 amide bonds. The van der Waals surface area contributed by atoms with Gasteiger partial charge in [0.25, 0.3) is 0 Å². The first-order chi connectivity index (χ1) is 3.39. The Balaban J connectivity index is 2.25. The molecule has 1 aliphatic heterocycles. The molecule has 1 aliphatic rings. The molecule has 39 valence electrons. The van der Waals surface area contributed by atoms with Gasteiger partial charge in [0.1, 0.15) is 13.2 Å². The van der Waals surface area contributed by atoms with Crippen molar-refractivity contribution in [1.82, 2.24) is 5.32 Å². The first-order valence-electron chi connectivity index (χ1n) is 2.18. The molecule has 0 N–H and O–H groups in total. The number of morpholine rings is 1. The summed E-state index contributed by atoms with van der Waals surface area (Å²) in [7, 11) is 0. The molecule has 1 radical (unpaired) electrons. The molecule has 1 rings (SSSR count). The van der Waals surface area contributed by atoms with Crippen molar-refractivity contribution in [3.8, 4) is 0 Å². The van der Waals surface area contributed by atoms with Crippen LogP contribution in [0.15, 0.2) is 0 Å². The van der Waals surface area contributed by atoms with Crippen LogP contribution in [0.5, 0.6) is 0 Å². The molecule has 1 heterocycles. The number of cyclic esters (lactones) is 1. The van der Waals surface area contributed by atoms with Crippen LogP contribution in [0.2, 0.25) is 0 Å². The molecular weight excluding hydrogens is 94.0 g/mol. The third-order valence-corrected chi connectivity index (χ3v) is 0.753. The van der Waals surface area contributed by atoms with Crippen molar-refractivity contribution < 1.29 is 9.53 Å². The van der Waals surface area contributed by atoms with Gasteiger partial charge in [-0.1, -0.05) is 0 Å². The Bertz CT molecular complexity index is 73.8. The summed E-state index contributed by atoms with van der Waals surface area (Å²) in [5.41, 5.74) is 0. The molecule has 0 aromatic heterocycles. The van der Waals surface area contributed by atoms with Crippen molar-refractivity contribution in [3.63, 3.8) is 0 Å². The Hall–Kier alpha value is -0.570. The van der Waals surface area contributed by atoms with Gasteiger partial charge in [-0.15, -0.1) is 0 Å². The summed E-state index contributed by atoms with van der Waals surface area (Å²) in [5, 5.41) is 3.78. The highest BCUT2D eigenvalue weighted by atomic mass is 16.5. The minimum absolute atomic E-state index is 0.203. The van der Waals surface area contributed by atoms with Crippen LogP contribution in [0.3, 0.4) is 0 Å². The van der Waals surface area contributed by atoms with Crippen LogP contribution in [0.4, 0.5) is 0 Å². The van der Waals surface area contributed by atoms with Crippen molar-refractivity contribution >= 4 is 5.97 Å². The first kappa shape index (κ1) is 4.59. The van der Waals surface area contributed by atoms with Gasteiger partial charge in [-0.25, -0.2) is 5.32 Å². The lowest BCUT2D eigenvalue weighted by Gasteiger charge is -2.08. The Morgan fingerprint density at radius 2 is 2.57 bits per heavy atom. The van der Waals surface area contributed by atoms with Gasteiger partial charge < -0.3 is 4.74 Å². The third kappa shape index (κ3) is 1.16. The van der Waals surface area contributed by atoms with Gasteiger partial charge in [0, 0.05) is 6.54 Å². The van der Waals surface area contributed by atoms with Crippen LogP contribution >= 0.6 is 0 Å². The predicted octanol–water partition coefficient (Wildman–Crippen LogP) is -0.852. The van der Waals surface area contributed by atoms with Crippen LogP contribution in [-0.2, 0) is 9.53 Å². The minimum atomic E-state index is -0.203. The van der Waals surface area contributed by atoms with Gasteiger partial charge in [-0.2, -0.15) is 0 Å². The summed E-state index contributed by atoms with van der Waals surface area (Å²) in [6, 6.07) is 0. The zero-order valence-electron chi connectivity index (χ0n) is 3.89. The third-order valence-electron chi connectivity index (χ3n) is 0.753. The fourth-order valence-corrected chi connectivity index (χ4v) is 0.440. The topological polar surface area (TPSA) is 40.4 Å². The fraction of sp³-hybridized carbons (Fsp3) is 0.750. The minimum Gasteiger partial charge on any atom is -0.463 e. The van der Waals surface area contributed by atoms with Gasteiger partial charge >= 0.3 is 5.97 Å². The summed E-state index contributed by atoms with van der Waals surface area (Å²) in [4.78, 5) is 10.1. The molecule has 0 unspecified atom stereocenters. The van der Waals surface area contributed by atoms with E-state index in [1.165, 1.54) is 0 Å². The summed E-state index contributed by atoms with van der Waals surface area (Å²) in [6.45, 7) is 1.39. The van der Waals surface area contributed by atoms with E-state index in [4.69, 9.17) is 0 Å². The molecule has 0 bridgehead atoms. The van der Waals surface area contributed by atoms with Crippen molar-refractivity contribution in [2.75, 3.05) is 19.7 Å². The molecule has 3 heteroatoms. The summed E-state index contributed by atoms with van der Waals surface area (Å²) >= 11 is 0. The van der Waals surface area contributed by atoms with E-state index in [0.29, 0.717) is 13.2 Å². The second-order valence-electron chi connectivity index (χ2n) is 1.33. The number of rotatable bonds is 0. The second-order valence-corrected chi connectivity index (χ2v) is 1.33. The Morgan fingerprint density at radius 1 is 1.71 bits per heavy atom. The van der Waals surface area contributed by atoms with E-state index in [-0.39, 0.29) is 12.5 Å². The van der Waals surface area contributed by atoms with Crippen molar-refractivity contribution in [1.29, 1.82) is 0 Å². The first-order valence-corrected chi connectivity index (χ1v) is 2.18. The van der Waals surface area contributed by atoms with E-state index < -0.39 is 0 Å². The molecule has 0 aliphatic carbocycles. The van der Waals surface area contributed by atoms with E-state index in [1.54, 1.807) is 0 Å². The molecule has 1 fully saturated rings. The van der Waals surface area contributed by atoms with Gasteiger partial charge in [-0.3, -0.25) is 4.79 Å². The van der Waals surface area contributed by atoms with Crippen molar-refractivity contribution in [3.05, 3.63) is 0 Å². The standard InChI is InChI=1S/C4H6NO2/c6-4-3-5-1-2-7-4/h1-3H2. The van der Waals surface area contributed by atoms with Crippen LogP contribution in [0.25, 0.3) is 0 Å². The maximum atomic E-state index is 10.1. The summed E-state index contributed by atoms with van der Waals surface area (Å²) < 4.78 is 4.55. The zero-order valence-corrected chi connectivity index (χ0v) is 3.89. The molecule has 1 saturated heterocycles. The number of hydrogen-bond donors (Lipinski definition) is 0. The van der Waals surface area contributed by atoms with E-state index in [2.05, 4.69) is 10.1 Å². The SMILES string of the molecule is O=C1C[N]CCO1. The van der Waals surface area contributed by atoms with E-state index in [9.17, 15) is 4.79 Å². The maximum Gasteiger partial charge on any atom is 0.321 e. The molecule has 0 aromatic carbocycles. The summed E-state index contributed by atoms with van der Waals surface area (Å²) in [5.74, 6) is -0.203. The van der Waals surface area contributed by atoms with Gasteiger partial charge in [-0.05, 0) is 0 Å². The second kappa shape index (κ2) is 1.93. The van der Waals surface area contributed by atoms with E-state index >= 15 is 0 Å². The molecule has 0 aromatic rings. The molecule has 0 atom stereocenters. The average Bonchev–Trinajstić information content (AvgIpc) is 1.69. The number of carbonyl (C=O) groups is 1. The Kier molecular flexibility index (Phi) is 1.26. The highest BCUT2D eigenvalue weighted by Crippen LogP contribution is 1.82.